The summed E-state index contributed by atoms with van der Waals surface area (Å²) in [5.41, 5.74) is 0. The van der Waals surface area contributed by atoms with Crippen LogP contribution in [0.1, 0.15) is 0 Å². The maximum atomic E-state index is 8.36. The van der Waals surface area contributed by atoms with Crippen LogP contribution >= 0.6 is 0 Å². The fourth-order valence-corrected chi connectivity index (χ4v) is 0. The van der Waals surface area contributed by atoms with Crippen molar-refractivity contribution in [1.29, 1.82) is 0 Å². The second-order valence-electron chi connectivity index (χ2n) is 0.422. The quantitative estimate of drug-likeness (QED) is 0.382. The summed E-state index contributed by atoms with van der Waals surface area (Å²) in [5.74, 6) is 0. The summed E-state index contributed by atoms with van der Waals surface area (Å²) in [5, 5.41) is 27.6. The summed E-state index contributed by atoms with van der Waals surface area (Å²) in [6.45, 7) is -1.00. The minimum Gasteiger partial charge on any atom is -0.483 e. The van der Waals surface area contributed by atoms with Crippen LogP contribution in [0.3, 0.4) is 0 Å². The molecule has 13 heavy (non-hydrogen) atoms. The smallest absolute Gasteiger partial charge is 0.290 e. The van der Waals surface area contributed by atoms with Gasteiger partial charge in [-0.1, -0.05) is 0 Å². The first kappa shape index (κ1) is 30.0. The predicted molar refractivity (Wildman–Crippen MR) is 34.8 cm³/mol. The molecule has 77 valence electrons. The van der Waals surface area contributed by atoms with Gasteiger partial charge in [-0.25, -0.2) is 0 Å². The number of rotatable bonds is 0. The van der Waals surface area contributed by atoms with Crippen molar-refractivity contribution >= 4 is 25.9 Å². The molecule has 0 saturated carbocycles. The van der Waals surface area contributed by atoms with E-state index >= 15 is 0 Å². The Morgan fingerprint density at radius 1 is 0.538 bits per heavy atom. The molecule has 0 spiro atoms. The normalized spacial score (nSPS) is 3.69. The van der Waals surface area contributed by atoms with Gasteiger partial charge in [-0.2, -0.15) is 0 Å². The van der Waals surface area contributed by atoms with Gasteiger partial charge >= 0.3 is 0 Å². The van der Waals surface area contributed by atoms with Gasteiger partial charge in [0.05, 0.1) is 0 Å². The van der Waals surface area contributed by atoms with Gasteiger partial charge in [0.1, 0.15) is 0 Å². The zero-order chi connectivity index (χ0) is 10.8. The Hall–Kier alpha value is -1.54. The summed E-state index contributed by atoms with van der Waals surface area (Å²) in [4.78, 5) is 33.4. The first-order chi connectivity index (χ1) is 5.66. The summed E-state index contributed by atoms with van der Waals surface area (Å²) in [7, 11) is 0. The molecule has 0 atom stereocenters. The molecule has 8 nitrogen and oxygen atoms in total. The van der Waals surface area contributed by atoms with Crippen LogP contribution in [0, 0.1) is 0 Å². The van der Waals surface area contributed by atoms with Crippen LogP contribution in [0.2, 0.25) is 0 Å². The predicted octanol–water partition coefficient (Wildman–Crippen LogP) is -1.20. The van der Waals surface area contributed by atoms with Gasteiger partial charge in [0, 0.05) is 18.6 Å². The van der Waals surface area contributed by atoms with Crippen LogP contribution in [0.4, 0.5) is 0 Å². The van der Waals surface area contributed by atoms with Crippen LogP contribution < -0.4 is 0 Å². The Kier molecular flexibility index (Phi) is 357. The molecule has 4 N–H and O–H groups in total. The molecule has 0 saturated heterocycles. The molecule has 0 bridgehead atoms. The maximum absolute atomic E-state index is 8.36. The first-order valence-electron chi connectivity index (χ1n) is 1.98. The van der Waals surface area contributed by atoms with Gasteiger partial charge < -0.3 is 20.4 Å². The van der Waals surface area contributed by atoms with Gasteiger partial charge in [0.2, 0.25) is 0 Å². The molecule has 0 amide bonds. The molecule has 0 heterocycles. The summed E-state index contributed by atoms with van der Waals surface area (Å²) in [6, 6.07) is 0. The van der Waals surface area contributed by atoms with Crippen LogP contribution in [-0.2, 0) is 37.7 Å². The van der Waals surface area contributed by atoms with Gasteiger partial charge in [-0.15, -0.1) is 0 Å². The zero-order valence-electron chi connectivity index (χ0n) is 6.18. The van der Waals surface area contributed by atoms with Gasteiger partial charge in [-0.05, 0) is 0 Å². The van der Waals surface area contributed by atoms with E-state index in [1.807, 2.05) is 0 Å². The van der Waals surface area contributed by atoms with Crippen LogP contribution in [-0.4, -0.2) is 46.3 Å². The van der Waals surface area contributed by atoms with Crippen molar-refractivity contribution in [3.8, 4) is 0 Å². The Morgan fingerprint density at radius 2 is 0.538 bits per heavy atom. The van der Waals surface area contributed by atoms with Gasteiger partial charge in [0.15, 0.2) is 0 Å². The van der Waals surface area contributed by atoms with Crippen LogP contribution in [0.25, 0.3) is 0 Å². The standard InChI is InChI=1S/4CH2O2.V/c4*2-1-3;/h4*1H,(H,2,3);. The van der Waals surface area contributed by atoms with Crippen LogP contribution in [0.5, 0.6) is 0 Å². The average Bonchev–Trinajstić information content (AvgIpc) is 1.92. The van der Waals surface area contributed by atoms with E-state index in [2.05, 4.69) is 0 Å². The third-order valence-electron chi connectivity index (χ3n) is 0. The van der Waals surface area contributed by atoms with Crippen molar-refractivity contribution in [1.82, 2.24) is 0 Å². The summed E-state index contributed by atoms with van der Waals surface area (Å²) < 4.78 is 0. The Bertz CT molecular complexity index is 70.1. The SMILES string of the molecule is O=CO.O=CO.O=CO.O=CO.[V]. The van der Waals surface area contributed by atoms with E-state index < -0.39 is 0 Å². The zero-order valence-corrected chi connectivity index (χ0v) is 7.58. The molecular formula is C4H8O8V. The van der Waals surface area contributed by atoms with Gasteiger partial charge in [-0.3, -0.25) is 19.2 Å². The van der Waals surface area contributed by atoms with E-state index in [0.717, 1.165) is 0 Å². The number of hydrogen-bond acceptors (Lipinski definition) is 4. The molecule has 0 aromatic rings. The third kappa shape index (κ3) is 318. The van der Waals surface area contributed by atoms with E-state index in [1.54, 1.807) is 0 Å². The topological polar surface area (TPSA) is 149 Å². The molecule has 0 aliphatic carbocycles. The number of hydrogen-bond donors (Lipinski definition) is 4. The molecule has 9 heteroatoms. The minimum absolute atomic E-state index is 0. The number of carbonyl (C=O) groups is 4. The fraction of sp³-hybridized carbons (Fsp3) is 0. The monoisotopic (exact) mass is 235 g/mol. The van der Waals surface area contributed by atoms with Crippen molar-refractivity contribution in [2.75, 3.05) is 0 Å². The molecule has 0 fully saturated rings. The van der Waals surface area contributed by atoms with E-state index in [0.29, 0.717) is 0 Å². The molecule has 0 aliphatic rings. The van der Waals surface area contributed by atoms with E-state index in [-0.39, 0.29) is 44.4 Å². The van der Waals surface area contributed by atoms with Crippen molar-refractivity contribution in [3.63, 3.8) is 0 Å². The first-order valence-corrected chi connectivity index (χ1v) is 1.98. The average molecular weight is 235 g/mol. The van der Waals surface area contributed by atoms with Crippen LogP contribution in [0.15, 0.2) is 0 Å². The maximum Gasteiger partial charge on any atom is 0.290 e. The molecule has 0 unspecified atom stereocenters. The molecule has 0 aromatic heterocycles. The molecular weight excluding hydrogens is 227 g/mol. The fourth-order valence-electron chi connectivity index (χ4n) is 0. The van der Waals surface area contributed by atoms with E-state index in [9.17, 15) is 0 Å². The van der Waals surface area contributed by atoms with Crippen molar-refractivity contribution < 1.29 is 58.2 Å². The summed E-state index contributed by atoms with van der Waals surface area (Å²) >= 11 is 0. The van der Waals surface area contributed by atoms with E-state index in [4.69, 9.17) is 39.6 Å². The second kappa shape index (κ2) is 154. The molecule has 0 rings (SSSR count). The van der Waals surface area contributed by atoms with Gasteiger partial charge in [0.25, 0.3) is 25.9 Å². The second-order valence-corrected chi connectivity index (χ2v) is 0.422. The molecule has 0 aromatic carbocycles. The van der Waals surface area contributed by atoms with E-state index in [1.165, 1.54) is 0 Å². The molecule has 1 radical (unpaired) electrons. The number of carboxylic acid groups (broad SMARTS) is 4. The Balaban J connectivity index is -0.0000000213. The Labute approximate surface area is 84.7 Å². The third-order valence-corrected chi connectivity index (χ3v) is 0. The minimum atomic E-state index is -0.250. The van der Waals surface area contributed by atoms with Crippen molar-refractivity contribution in [2.45, 2.75) is 0 Å². The van der Waals surface area contributed by atoms with Crippen molar-refractivity contribution in [3.05, 3.63) is 0 Å². The Morgan fingerprint density at radius 3 is 0.538 bits per heavy atom. The van der Waals surface area contributed by atoms with Crippen molar-refractivity contribution in [2.24, 2.45) is 0 Å². The summed E-state index contributed by atoms with van der Waals surface area (Å²) in [6.07, 6.45) is 0. The largest absolute Gasteiger partial charge is 0.483 e. The molecule has 0 aliphatic heterocycles.